The van der Waals surface area contributed by atoms with Crippen LogP contribution in [0.4, 0.5) is 4.39 Å². The fourth-order valence-corrected chi connectivity index (χ4v) is 0.941. The quantitative estimate of drug-likeness (QED) is 0.663. The molecule has 0 aliphatic carbocycles. The molecule has 0 N–H and O–H groups in total. The molecule has 0 saturated carbocycles. The highest BCUT2D eigenvalue weighted by molar-refractivity contribution is 6.17. The zero-order valence-corrected chi connectivity index (χ0v) is 7.57. The van der Waals surface area contributed by atoms with Crippen LogP contribution in [0.3, 0.4) is 0 Å². The molecule has 3 heteroatoms. The van der Waals surface area contributed by atoms with E-state index in [1.165, 1.54) is 6.07 Å². The molecule has 0 atom stereocenters. The van der Waals surface area contributed by atoms with Gasteiger partial charge in [0, 0.05) is 0 Å². The fourth-order valence-electron chi connectivity index (χ4n) is 0.863. The fraction of sp³-hybridized carbons (Fsp3) is 0.333. The van der Waals surface area contributed by atoms with Crippen molar-refractivity contribution in [2.45, 2.75) is 6.92 Å². The van der Waals surface area contributed by atoms with Gasteiger partial charge in [-0.15, -0.1) is 11.6 Å². The molecule has 0 fully saturated rings. The van der Waals surface area contributed by atoms with Crippen LogP contribution in [0, 0.1) is 12.7 Å². The zero-order chi connectivity index (χ0) is 8.97. The van der Waals surface area contributed by atoms with Crippen molar-refractivity contribution in [3.8, 4) is 5.75 Å². The third-order valence-corrected chi connectivity index (χ3v) is 1.63. The maximum Gasteiger partial charge on any atom is 0.126 e. The van der Waals surface area contributed by atoms with Gasteiger partial charge in [-0.25, -0.2) is 4.39 Å². The van der Waals surface area contributed by atoms with Gasteiger partial charge in [0.05, 0.1) is 5.88 Å². The Labute approximate surface area is 76.1 Å². The van der Waals surface area contributed by atoms with E-state index in [0.717, 1.165) is 0 Å². The highest BCUT2D eigenvalue weighted by Gasteiger charge is 1.98. The molecule has 0 amide bonds. The normalized spacial score (nSPS) is 9.92. The summed E-state index contributed by atoms with van der Waals surface area (Å²) in [6, 6.07) is 4.63. The minimum absolute atomic E-state index is 0.215. The summed E-state index contributed by atoms with van der Waals surface area (Å²) in [5, 5.41) is 0. The first-order valence-corrected chi connectivity index (χ1v) is 4.22. The van der Waals surface area contributed by atoms with Gasteiger partial charge in [-0.2, -0.15) is 0 Å². The summed E-state index contributed by atoms with van der Waals surface area (Å²) in [7, 11) is 0. The first-order valence-electron chi connectivity index (χ1n) is 3.69. The van der Waals surface area contributed by atoms with E-state index in [1.54, 1.807) is 19.1 Å². The van der Waals surface area contributed by atoms with Crippen molar-refractivity contribution in [1.82, 2.24) is 0 Å². The topological polar surface area (TPSA) is 9.23 Å². The first-order chi connectivity index (χ1) is 5.74. The predicted molar refractivity (Wildman–Crippen MR) is 47.4 cm³/mol. The van der Waals surface area contributed by atoms with Gasteiger partial charge in [-0.05, 0) is 30.7 Å². The van der Waals surface area contributed by atoms with Gasteiger partial charge in [0.15, 0.2) is 0 Å². The molecular weight excluding hydrogens is 179 g/mol. The summed E-state index contributed by atoms with van der Waals surface area (Å²) < 4.78 is 17.9. The van der Waals surface area contributed by atoms with Crippen molar-refractivity contribution < 1.29 is 9.13 Å². The average Bonchev–Trinajstić information content (AvgIpc) is 2.07. The zero-order valence-electron chi connectivity index (χ0n) is 6.81. The van der Waals surface area contributed by atoms with Crippen molar-refractivity contribution in [2.75, 3.05) is 12.5 Å². The lowest BCUT2D eigenvalue weighted by Gasteiger charge is -2.04. The van der Waals surface area contributed by atoms with Gasteiger partial charge in [-0.3, -0.25) is 0 Å². The largest absolute Gasteiger partial charge is 0.492 e. The number of hydrogen-bond donors (Lipinski definition) is 0. The van der Waals surface area contributed by atoms with Crippen LogP contribution in [0.2, 0.25) is 0 Å². The Morgan fingerprint density at radius 2 is 2.25 bits per heavy atom. The van der Waals surface area contributed by atoms with Crippen LogP contribution in [0.5, 0.6) is 5.75 Å². The smallest absolute Gasteiger partial charge is 0.126 e. The van der Waals surface area contributed by atoms with Crippen LogP contribution in [0.25, 0.3) is 0 Å². The summed E-state index contributed by atoms with van der Waals surface area (Å²) in [5.74, 6) is 0.888. The Morgan fingerprint density at radius 1 is 1.50 bits per heavy atom. The van der Waals surface area contributed by atoms with Gasteiger partial charge in [0.2, 0.25) is 0 Å². The highest BCUT2D eigenvalue weighted by atomic mass is 35.5. The summed E-state index contributed by atoms with van der Waals surface area (Å²) in [4.78, 5) is 0. The lowest BCUT2D eigenvalue weighted by Crippen LogP contribution is -1.98. The number of benzene rings is 1. The maximum atomic E-state index is 12.7. The molecule has 0 unspecified atom stereocenters. The Kier molecular flexibility index (Phi) is 3.35. The minimum Gasteiger partial charge on any atom is -0.492 e. The summed E-state index contributed by atoms with van der Waals surface area (Å²) in [6.45, 7) is 2.15. The first kappa shape index (κ1) is 9.33. The second-order valence-corrected chi connectivity index (χ2v) is 2.83. The molecule has 1 aromatic rings. The lowest BCUT2D eigenvalue weighted by atomic mass is 10.2. The molecule has 0 aliphatic rings. The molecule has 1 rings (SSSR count). The van der Waals surface area contributed by atoms with Gasteiger partial charge < -0.3 is 4.74 Å². The molecule has 66 valence electrons. The van der Waals surface area contributed by atoms with Crippen molar-refractivity contribution in [1.29, 1.82) is 0 Å². The van der Waals surface area contributed by atoms with Crippen molar-refractivity contribution in [2.24, 2.45) is 0 Å². The molecule has 1 nitrogen and oxygen atoms in total. The molecular formula is C9H10ClFO. The Bertz CT molecular complexity index is 263. The monoisotopic (exact) mass is 188 g/mol. The minimum atomic E-state index is -0.215. The molecule has 0 radical (unpaired) electrons. The molecule has 0 bridgehead atoms. The van der Waals surface area contributed by atoms with E-state index >= 15 is 0 Å². The van der Waals surface area contributed by atoms with Crippen molar-refractivity contribution in [3.63, 3.8) is 0 Å². The average molecular weight is 189 g/mol. The highest BCUT2D eigenvalue weighted by Crippen LogP contribution is 2.15. The lowest BCUT2D eigenvalue weighted by molar-refractivity contribution is 0.342. The number of hydrogen-bond acceptors (Lipinski definition) is 1. The number of alkyl halides is 1. The van der Waals surface area contributed by atoms with Crippen LogP contribution in [-0.2, 0) is 0 Å². The molecule has 0 saturated heterocycles. The van der Waals surface area contributed by atoms with Crippen LogP contribution >= 0.6 is 11.6 Å². The SMILES string of the molecule is Cc1cc(OCCCl)ccc1F. The molecule has 0 aliphatic heterocycles. The van der Waals surface area contributed by atoms with E-state index < -0.39 is 0 Å². The van der Waals surface area contributed by atoms with E-state index in [4.69, 9.17) is 16.3 Å². The van der Waals surface area contributed by atoms with Crippen LogP contribution < -0.4 is 4.74 Å². The van der Waals surface area contributed by atoms with Gasteiger partial charge >= 0.3 is 0 Å². The van der Waals surface area contributed by atoms with Crippen molar-refractivity contribution >= 4 is 11.6 Å². The van der Waals surface area contributed by atoms with Gasteiger partial charge in [0.1, 0.15) is 18.2 Å². The van der Waals surface area contributed by atoms with E-state index in [9.17, 15) is 4.39 Å². The molecule has 0 heterocycles. The Morgan fingerprint density at radius 3 is 2.83 bits per heavy atom. The summed E-state index contributed by atoms with van der Waals surface area (Å²) in [6.07, 6.45) is 0. The van der Waals surface area contributed by atoms with E-state index in [1.807, 2.05) is 0 Å². The number of rotatable bonds is 3. The molecule has 1 aromatic carbocycles. The molecule has 0 spiro atoms. The Hall–Kier alpha value is -0.760. The van der Waals surface area contributed by atoms with E-state index in [-0.39, 0.29) is 5.82 Å². The van der Waals surface area contributed by atoms with Crippen LogP contribution in [0.1, 0.15) is 5.56 Å². The third kappa shape index (κ3) is 2.38. The van der Waals surface area contributed by atoms with Gasteiger partial charge in [-0.1, -0.05) is 0 Å². The molecule has 12 heavy (non-hydrogen) atoms. The van der Waals surface area contributed by atoms with Gasteiger partial charge in [0.25, 0.3) is 0 Å². The summed E-state index contributed by atoms with van der Waals surface area (Å²) >= 11 is 5.42. The van der Waals surface area contributed by atoms with Crippen LogP contribution in [0.15, 0.2) is 18.2 Å². The maximum absolute atomic E-state index is 12.7. The second kappa shape index (κ2) is 4.31. The van der Waals surface area contributed by atoms with E-state index in [0.29, 0.717) is 23.8 Å². The number of ether oxygens (including phenoxy) is 1. The van der Waals surface area contributed by atoms with Crippen LogP contribution in [-0.4, -0.2) is 12.5 Å². The standard InChI is InChI=1S/C9H10ClFO/c1-7-6-8(12-5-4-10)2-3-9(7)11/h2-3,6H,4-5H2,1H3. The number of halogens is 2. The Balaban J connectivity index is 2.69. The molecule has 0 aromatic heterocycles. The van der Waals surface area contributed by atoms with E-state index in [2.05, 4.69) is 0 Å². The predicted octanol–water partition coefficient (Wildman–Crippen LogP) is 2.75. The third-order valence-electron chi connectivity index (χ3n) is 1.48. The van der Waals surface area contributed by atoms with Crippen molar-refractivity contribution in [3.05, 3.63) is 29.6 Å². The summed E-state index contributed by atoms with van der Waals surface area (Å²) in [5.41, 5.74) is 0.585. The second-order valence-electron chi connectivity index (χ2n) is 2.45. The number of aryl methyl sites for hydroxylation is 1.